The number of carbonyl (C=O) groups excluding carboxylic acids is 1. The molecule has 2 fully saturated rings. The molecule has 1 amide bonds. The van der Waals surface area contributed by atoms with Gasteiger partial charge in [0.25, 0.3) is 0 Å². The van der Waals surface area contributed by atoms with Crippen LogP contribution < -0.4 is 15.5 Å². The molecule has 20 heavy (non-hydrogen) atoms. The van der Waals surface area contributed by atoms with E-state index in [0.717, 1.165) is 18.5 Å². The third-order valence-electron chi connectivity index (χ3n) is 3.96. The lowest BCUT2D eigenvalue weighted by molar-refractivity contribution is -0.120. The maximum absolute atomic E-state index is 11.6. The maximum atomic E-state index is 11.6. The maximum Gasteiger partial charge on any atom is 0.221 e. The van der Waals surface area contributed by atoms with Crippen molar-refractivity contribution in [3.05, 3.63) is 24.3 Å². The second kappa shape index (κ2) is 6.16. The van der Waals surface area contributed by atoms with Crippen LogP contribution in [0, 0.1) is 0 Å². The summed E-state index contributed by atoms with van der Waals surface area (Å²) in [7, 11) is 0. The molecule has 1 aliphatic carbocycles. The van der Waals surface area contributed by atoms with E-state index in [0.29, 0.717) is 19.0 Å². The Bertz CT molecular complexity index is 447. The molecule has 4 nitrogen and oxygen atoms in total. The molecule has 2 N–H and O–H groups in total. The molecule has 0 radical (unpaired) electrons. The van der Waals surface area contributed by atoms with Gasteiger partial charge in [0.2, 0.25) is 5.91 Å². The SMILES string of the molecule is O=C(CCNc1ccc(N2CCCC2)cc1)NC1CC1. The van der Waals surface area contributed by atoms with Crippen LogP contribution in [0.4, 0.5) is 11.4 Å². The van der Waals surface area contributed by atoms with Crippen molar-refractivity contribution in [2.45, 2.75) is 38.1 Å². The van der Waals surface area contributed by atoms with Crippen LogP contribution in [0.5, 0.6) is 0 Å². The van der Waals surface area contributed by atoms with Crippen molar-refractivity contribution >= 4 is 17.3 Å². The number of nitrogens with zero attached hydrogens (tertiary/aromatic N) is 1. The molecule has 1 saturated carbocycles. The monoisotopic (exact) mass is 273 g/mol. The van der Waals surface area contributed by atoms with Crippen LogP contribution in [0.15, 0.2) is 24.3 Å². The summed E-state index contributed by atoms with van der Waals surface area (Å²) in [6, 6.07) is 9.00. The molecule has 1 heterocycles. The van der Waals surface area contributed by atoms with Gasteiger partial charge in [0.1, 0.15) is 0 Å². The molecule has 108 valence electrons. The van der Waals surface area contributed by atoms with Gasteiger partial charge in [-0.15, -0.1) is 0 Å². The van der Waals surface area contributed by atoms with Crippen LogP contribution in [0.2, 0.25) is 0 Å². The molecule has 0 unspecified atom stereocenters. The normalized spacial score (nSPS) is 18.1. The number of hydrogen-bond acceptors (Lipinski definition) is 3. The van der Waals surface area contributed by atoms with Crippen molar-refractivity contribution in [2.24, 2.45) is 0 Å². The minimum Gasteiger partial charge on any atom is -0.385 e. The highest BCUT2D eigenvalue weighted by Gasteiger charge is 2.22. The fourth-order valence-corrected chi connectivity index (χ4v) is 2.61. The molecule has 2 aliphatic rings. The summed E-state index contributed by atoms with van der Waals surface area (Å²) >= 11 is 0. The van der Waals surface area contributed by atoms with E-state index in [-0.39, 0.29) is 5.91 Å². The highest BCUT2D eigenvalue weighted by molar-refractivity contribution is 5.77. The van der Waals surface area contributed by atoms with Crippen LogP contribution in [0.3, 0.4) is 0 Å². The van der Waals surface area contributed by atoms with Crippen LogP contribution in [-0.4, -0.2) is 31.6 Å². The number of carbonyl (C=O) groups is 1. The molecule has 4 heteroatoms. The van der Waals surface area contributed by atoms with Gasteiger partial charge in [-0.1, -0.05) is 0 Å². The van der Waals surface area contributed by atoms with Crippen molar-refractivity contribution < 1.29 is 4.79 Å². The molecule has 1 saturated heterocycles. The molecule has 1 aromatic rings. The quantitative estimate of drug-likeness (QED) is 0.836. The summed E-state index contributed by atoms with van der Waals surface area (Å²) in [6.07, 6.45) is 5.45. The van der Waals surface area contributed by atoms with E-state index >= 15 is 0 Å². The fraction of sp³-hybridized carbons (Fsp3) is 0.562. The van der Waals surface area contributed by atoms with E-state index in [2.05, 4.69) is 39.8 Å². The molecule has 1 aromatic carbocycles. The average Bonchev–Trinajstić information content (AvgIpc) is 3.09. The zero-order valence-electron chi connectivity index (χ0n) is 11.9. The summed E-state index contributed by atoms with van der Waals surface area (Å²) in [6.45, 7) is 3.05. The smallest absolute Gasteiger partial charge is 0.221 e. The van der Waals surface area contributed by atoms with Crippen molar-refractivity contribution in [1.29, 1.82) is 0 Å². The third kappa shape index (κ3) is 3.65. The summed E-state index contributed by atoms with van der Waals surface area (Å²) in [5.41, 5.74) is 2.40. The first kappa shape index (κ1) is 13.3. The molecule has 3 rings (SSSR count). The average molecular weight is 273 g/mol. The number of anilines is 2. The van der Waals surface area contributed by atoms with Crippen LogP contribution in [-0.2, 0) is 4.79 Å². The first-order chi connectivity index (χ1) is 9.81. The molecule has 0 aromatic heterocycles. The Morgan fingerprint density at radius 2 is 1.85 bits per heavy atom. The molecule has 0 bridgehead atoms. The van der Waals surface area contributed by atoms with Crippen molar-refractivity contribution in [3.63, 3.8) is 0 Å². The van der Waals surface area contributed by atoms with Gasteiger partial charge in [-0.25, -0.2) is 0 Å². The Balaban J connectivity index is 1.41. The van der Waals surface area contributed by atoms with E-state index < -0.39 is 0 Å². The summed E-state index contributed by atoms with van der Waals surface area (Å²) in [5, 5.41) is 6.31. The fourth-order valence-electron chi connectivity index (χ4n) is 2.61. The summed E-state index contributed by atoms with van der Waals surface area (Å²) < 4.78 is 0. The number of hydrogen-bond donors (Lipinski definition) is 2. The second-order valence-corrected chi connectivity index (χ2v) is 5.76. The van der Waals surface area contributed by atoms with Crippen LogP contribution >= 0.6 is 0 Å². The summed E-state index contributed by atoms with van der Waals surface area (Å²) in [4.78, 5) is 14.0. The van der Waals surface area contributed by atoms with Crippen LogP contribution in [0.1, 0.15) is 32.1 Å². The Kier molecular flexibility index (Phi) is 4.09. The highest BCUT2D eigenvalue weighted by atomic mass is 16.1. The lowest BCUT2D eigenvalue weighted by Gasteiger charge is -2.18. The van der Waals surface area contributed by atoms with Gasteiger partial charge >= 0.3 is 0 Å². The Hall–Kier alpha value is -1.71. The van der Waals surface area contributed by atoms with Gasteiger partial charge in [0.05, 0.1) is 0 Å². The van der Waals surface area contributed by atoms with Gasteiger partial charge < -0.3 is 15.5 Å². The Morgan fingerprint density at radius 1 is 1.15 bits per heavy atom. The number of nitrogens with one attached hydrogen (secondary N) is 2. The Labute approximate surface area is 120 Å². The van der Waals surface area contributed by atoms with E-state index in [1.807, 2.05) is 0 Å². The lowest BCUT2D eigenvalue weighted by atomic mass is 10.2. The van der Waals surface area contributed by atoms with E-state index in [1.54, 1.807) is 0 Å². The molecule has 0 spiro atoms. The standard InChI is InChI=1S/C16H23N3O/c20-16(18-14-3-4-14)9-10-17-13-5-7-15(8-6-13)19-11-1-2-12-19/h5-8,14,17H,1-4,9-12H2,(H,18,20). The molecule has 0 atom stereocenters. The second-order valence-electron chi connectivity index (χ2n) is 5.76. The van der Waals surface area contributed by atoms with E-state index in [4.69, 9.17) is 0 Å². The largest absolute Gasteiger partial charge is 0.385 e. The Morgan fingerprint density at radius 3 is 2.50 bits per heavy atom. The van der Waals surface area contributed by atoms with Gasteiger partial charge in [0.15, 0.2) is 0 Å². The van der Waals surface area contributed by atoms with Crippen molar-refractivity contribution in [2.75, 3.05) is 29.9 Å². The number of amides is 1. The van der Waals surface area contributed by atoms with Gasteiger partial charge in [-0.3, -0.25) is 4.79 Å². The number of benzene rings is 1. The van der Waals surface area contributed by atoms with E-state index in [1.165, 1.54) is 31.6 Å². The minimum atomic E-state index is 0.161. The minimum absolute atomic E-state index is 0.161. The topological polar surface area (TPSA) is 44.4 Å². The van der Waals surface area contributed by atoms with E-state index in [9.17, 15) is 4.79 Å². The lowest BCUT2D eigenvalue weighted by Crippen LogP contribution is -2.27. The molecular weight excluding hydrogens is 250 g/mol. The molecular formula is C16H23N3O. The van der Waals surface area contributed by atoms with Gasteiger partial charge in [-0.2, -0.15) is 0 Å². The predicted octanol–water partition coefficient (Wildman–Crippen LogP) is 2.37. The first-order valence-corrected chi connectivity index (χ1v) is 7.69. The number of rotatable bonds is 6. The molecule has 1 aliphatic heterocycles. The van der Waals surface area contributed by atoms with Gasteiger partial charge in [0, 0.05) is 43.5 Å². The zero-order chi connectivity index (χ0) is 13.8. The highest BCUT2D eigenvalue weighted by Crippen LogP contribution is 2.22. The van der Waals surface area contributed by atoms with Crippen molar-refractivity contribution in [1.82, 2.24) is 5.32 Å². The summed E-state index contributed by atoms with van der Waals surface area (Å²) in [5.74, 6) is 0.161. The van der Waals surface area contributed by atoms with Gasteiger partial charge in [-0.05, 0) is 49.9 Å². The van der Waals surface area contributed by atoms with Crippen LogP contribution in [0.25, 0.3) is 0 Å². The zero-order valence-corrected chi connectivity index (χ0v) is 11.9. The van der Waals surface area contributed by atoms with Crippen molar-refractivity contribution in [3.8, 4) is 0 Å². The first-order valence-electron chi connectivity index (χ1n) is 7.69. The third-order valence-corrected chi connectivity index (χ3v) is 3.96. The predicted molar refractivity (Wildman–Crippen MR) is 82.2 cm³/mol.